The Labute approximate surface area is 215 Å². The summed E-state index contributed by atoms with van der Waals surface area (Å²) in [5, 5.41) is 0.360. The zero-order valence-corrected chi connectivity index (χ0v) is 28.2. The van der Waals surface area contributed by atoms with E-state index < -0.39 is 25.0 Å². The maximum atomic E-state index is 12.9. The molecule has 0 aromatic carbocycles. The fourth-order valence-corrected chi connectivity index (χ4v) is 6.87. The molecule has 0 aromatic rings. The Hall–Kier alpha value is -0.0594. The summed E-state index contributed by atoms with van der Waals surface area (Å²) in [6, 6.07) is 0. The highest BCUT2D eigenvalue weighted by molar-refractivity contribution is 6.75. The third-order valence-electron chi connectivity index (χ3n) is 8.82. The number of carbonyl (C=O) groups is 1. The Morgan fingerprint density at radius 1 is 0.706 bits per heavy atom. The van der Waals surface area contributed by atoms with Crippen molar-refractivity contribution in [2.75, 3.05) is 6.61 Å². The normalized spacial score (nSPS) is 21.7. The van der Waals surface area contributed by atoms with Crippen LogP contribution in [0.2, 0.25) is 54.4 Å². The van der Waals surface area contributed by atoms with Gasteiger partial charge < -0.3 is 13.3 Å². The number of hydrogen-bond donors (Lipinski definition) is 0. The lowest BCUT2D eigenvalue weighted by Gasteiger charge is -2.45. The summed E-state index contributed by atoms with van der Waals surface area (Å²) in [6.45, 7) is 34.7. The van der Waals surface area contributed by atoms with E-state index in [1.165, 1.54) is 5.57 Å². The van der Waals surface area contributed by atoms with Crippen LogP contribution in [0.25, 0.3) is 0 Å². The third kappa shape index (κ3) is 8.23. The molecule has 0 bridgehead atoms. The van der Waals surface area contributed by atoms with Crippen LogP contribution in [-0.2, 0) is 18.1 Å². The molecule has 1 aliphatic carbocycles. The van der Waals surface area contributed by atoms with Gasteiger partial charge in [-0.25, -0.2) is 0 Å². The van der Waals surface area contributed by atoms with Gasteiger partial charge in [-0.2, -0.15) is 0 Å². The van der Waals surface area contributed by atoms with Gasteiger partial charge in [0.2, 0.25) is 0 Å². The van der Waals surface area contributed by atoms with Crippen LogP contribution in [0.4, 0.5) is 0 Å². The van der Waals surface area contributed by atoms with E-state index in [1.54, 1.807) is 0 Å². The van der Waals surface area contributed by atoms with Gasteiger partial charge in [0.15, 0.2) is 25.0 Å². The molecule has 0 aliphatic heterocycles. The zero-order valence-electron chi connectivity index (χ0n) is 25.2. The second-order valence-corrected chi connectivity index (χ2v) is 29.1. The van der Waals surface area contributed by atoms with Crippen molar-refractivity contribution in [3.05, 3.63) is 11.6 Å². The lowest BCUT2D eigenvalue weighted by atomic mass is 9.88. The van der Waals surface area contributed by atoms with Crippen molar-refractivity contribution in [1.29, 1.82) is 0 Å². The molecule has 1 aliphatic rings. The molecule has 0 spiro atoms. The molecule has 0 saturated heterocycles. The fourth-order valence-electron chi connectivity index (χ4n) is 3.24. The molecule has 0 aromatic heterocycles. The molecule has 7 heteroatoms. The summed E-state index contributed by atoms with van der Waals surface area (Å²) in [5.41, 5.74) is 1.17. The summed E-state index contributed by atoms with van der Waals surface area (Å²) in [7, 11) is -5.90. The SMILES string of the molecule is CC(C)(C)[Si](C)(C)OCCC=C1[C@H](O[Si](C)(C)C(C)(C)C)CC(=O)C[C@H]1O[Si](C)(C)C(C)(C)C. The van der Waals surface area contributed by atoms with Crippen molar-refractivity contribution in [1.82, 2.24) is 0 Å². The van der Waals surface area contributed by atoms with E-state index in [9.17, 15) is 4.79 Å². The second-order valence-electron chi connectivity index (χ2n) is 14.8. The van der Waals surface area contributed by atoms with Gasteiger partial charge in [0.25, 0.3) is 0 Å². The molecule has 0 heterocycles. The second kappa shape index (κ2) is 10.7. The average molecular weight is 529 g/mol. The van der Waals surface area contributed by atoms with E-state index in [-0.39, 0.29) is 33.1 Å². The minimum atomic E-state index is -2.05. The first kappa shape index (κ1) is 32.0. The first-order valence-electron chi connectivity index (χ1n) is 13.1. The zero-order chi connectivity index (χ0) is 27.0. The van der Waals surface area contributed by atoms with Crippen LogP contribution >= 0.6 is 0 Å². The predicted molar refractivity (Wildman–Crippen MR) is 154 cm³/mol. The van der Waals surface area contributed by atoms with Crippen molar-refractivity contribution in [2.24, 2.45) is 0 Å². The summed E-state index contributed by atoms with van der Waals surface area (Å²) < 4.78 is 20.2. The highest BCUT2D eigenvalue weighted by Crippen LogP contribution is 2.43. The molecular weight excluding hydrogens is 473 g/mol. The molecular formula is C27H56O4Si3. The Morgan fingerprint density at radius 2 is 1.06 bits per heavy atom. The van der Waals surface area contributed by atoms with Crippen molar-refractivity contribution in [3.63, 3.8) is 0 Å². The standard InChI is InChI=1S/C27H56O4Si3/c1-25(2,3)32(10,11)29-18-16-17-22-23(30-33(12,13)26(4,5)6)19-21(28)20-24(22)31-34(14,15)27(7,8)9/h17,23-24H,16,18-20H2,1-15H3/t23-,24-/m1/s1. The van der Waals surface area contributed by atoms with E-state index in [1.807, 2.05) is 0 Å². The number of Topliss-reactive ketones (excluding diaryl/α,β-unsaturated/α-hetero) is 1. The molecule has 0 radical (unpaired) electrons. The van der Waals surface area contributed by atoms with E-state index in [0.29, 0.717) is 19.4 Å². The number of rotatable bonds is 8. The summed E-state index contributed by atoms with van der Waals surface area (Å²) in [6.07, 6.45) is 3.65. The highest BCUT2D eigenvalue weighted by Gasteiger charge is 2.46. The molecule has 0 N–H and O–H groups in total. The number of carbonyl (C=O) groups excluding carboxylic acids is 1. The lowest BCUT2D eigenvalue weighted by molar-refractivity contribution is -0.123. The highest BCUT2D eigenvalue weighted by atomic mass is 28.4. The predicted octanol–water partition coefficient (Wildman–Crippen LogP) is 8.47. The van der Waals surface area contributed by atoms with Gasteiger partial charge in [0.1, 0.15) is 5.78 Å². The molecule has 0 unspecified atom stereocenters. The smallest absolute Gasteiger partial charge is 0.192 e. The van der Waals surface area contributed by atoms with Gasteiger partial charge in [0.05, 0.1) is 12.2 Å². The molecule has 1 saturated carbocycles. The number of ketones is 1. The molecule has 34 heavy (non-hydrogen) atoms. The van der Waals surface area contributed by atoms with Crippen molar-refractivity contribution in [2.45, 2.75) is 148 Å². The number of hydrogen-bond acceptors (Lipinski definition) is 4. The first-order valence-corrected chi connectivity index (χ1v) is 21.8. The molecule has 0 amide bonds. The van der Waals surface area contributed by atoms with Crippen LogP contribution in [0.5, 0.6) is 0 Å². The Balaban J connectivity index is 3.27. The molecule has 2 atom stereocenters. The quantitative estimate of drug-likeness (QED) is 0.180. The van der Waals surface area contributed by atoms with Crippen LogP contribution in [0.1, 0.15) is 81.6 Å². The molecule has 200 valence electrons. The van der Waals surface area contributed by atoms with Crippen LogP contribution in [0.3, 0.4) is 0 Å². The summed E-state index contributed by atoms with van der Waals surface area (Å²) in [4.78, 5) is 12.9. The maximum Gasteiger partial charge on any atom is 0.192 e. The van der Waals surface area contributed by atoms with Crippen LogP contribution in [0.15, 0.2) is 11.6 Å². The van der Waals surface area contributed by atoms with Gasteiger partial charge in [0, 0.05) is 19.4 Å². The molecule has 4 nitrogen and oxygen atoms in total. The van der Waals surface area contributed by atoms with E-state index in [2.05, 4.69) is 108 Å². The molecule has 1 fully saturated rings. The topological polar surface area (TPSA) is 44.8 Å². The Bertz CT molecular complexity index is 692. The van der Waals surface area contributed by atoms with E-state index in [4.69, 9.17) is 13.3 Å². The van der Waals surface area contributed by atoms with Crippen molar-refractivity contribution < 1.29 is 18.1 Å². The minimum Gasteiger partial charge on any atom is -0.417 e. The summed E-state index contributed by atoms with van der Waals surface area (Å²) >= 11 is 0. The van der Waals surface area contributed by atoms with Crippen LogP contribution < -0.4 is 0 Å². The Morgan fingerprint density at radius 3 is 1.38 bits per heavy atom. The monoisotopic (exact) mass is 528 g/mol. The average Bonchev–Trinajstić information content (AvgIpc) is 2.56. The van der Waals surface area contributed by atoms with Gasteiger partial charge in [-0.1, -0.05) is 68.4 Å². The first-order chi connectivity index (χ1) is 14.9. The molecule has 1 rings (SSSR count). The van der Waals surface area contributed by atoms with Crippen molar-refractivity contribution in [3.8, 4) is 0 Å². The minimum absolute atomic E-state index is 0.0832. The third-order valence-corrected chi connectivity index (χ3v) is 22.3. The van der Waals surface area contributed by atoms with Crippen molar-refractivity contribution >= 4 is 30.7 Å². The Kier molecular flexibility index (Phi) is 10.1. The van der Waals surface area contributed by atoms with Crippen LogP contribution in [-0.4, -0.2) is 49.6 Å². The van der Waals surface area contributed by atoms with Gasteiger partial charge in [-0.15, -0.1) is 0 Å². The van der Waals surface area contributed by atoms with Gasteiger partial charge in [-0.3, -0.25) is 4.79 Å². The van der Waals surface area contributed by atoms with Crippen LogP contribution in [0, 0.1) is 0 Å². The fraction of sp³-hybridized carbons (Fsp3) is 0.889. The van der Waals surface area contributed by atoms with E-state index in [0.717, 1.165) is 6.42 Å². The largest absolute Gasteiger partial charge is 0.417 e. The maximum absolute atomic E-state index is 12.9. The van der Waals surface area contributed by atoms with Gasteiger partial charge in [-0.05, 0) is 66.4 Å². The van der Waals surface area contributed by atoms with E-state index >= 15 is 0 Å². The van der Waals surface area contributed by atoms with Gasteiger partial charge >= 0.3 is 0 Å². The summed E-state index contributed by atoms with van der Waals surface area (Å²) in [5.74, 6) is 0.252. The lowest BCUT2D eigenvalue weighted by Crippen LogP contribution is -2.51.